The van der Waals surface area contributed by atoms with Gasteiger partial charge in [-0.05, 0) is 71.4 Å². The van der Waals surface area contributed by atoms with Crippen LogP contribution in [-0.4, -0.2) is 37.0 Å². The first-order valence-corrected chi connectivity index (χ1v) is 11.7. The fourth-order valence-corrected chi connectivity index (χ4v) is 3.72. The maximum atomic E-state index is 11.9. The third kappa shape index (κ3) is 13.8. The topological polar surface area (TPSA) is 32.3 Å². The SMILES string of the molecule is CC/C=C\C/C=C\C/C=C\CCCCCCCC(=O)NCCC1CCCN1C. The van der Waals surface area contributed by atoms with Crippen LogP contribution < -0.4 is 5.32 Å². The van der Waals surface area contributed by atoms with E-state index >= 15 is 0 Å². The van der Waals surface area contributed by atoms with Gasteiger partial charge >= 0.3 is 0 Å². The van der Waals surface area contributed by atoms with E-state index in [0.717, 1.165) is 38.6 Å². The van der Waals surface area contributed by atoms with Crippen LogP contribution in [0.3, 0.4) is 0 Å². The van der Waals surface area contributed by atoms with E-state index < -0.39 is 0 Å². The number of allylic oxidation sites excluding steroid dienone is 6. The molecule has 0 spiro atoms. The summed E-state index contributed by atoms with van der Waals surface area (Å²) in [5.74, 6) is 0.238. The number of hydrogen-bond donors (Lipinski definition) is 1. The third-order valence-corrected chi connectivity index (χ3v) is 5.53. The predicted molar refractivity (Wildman–Crippen MR) is 123 cm³/mol. The Hall–Kier alpha value is -1.35. The molecule has 28 heavy (non-hydrogen) atoms. The number of rotatable bonds is 16. The second kappa shape index (κ2) is 17.7. The van der Waals surface area contributed by atoms with Crippen molar-refractivity contribution in [3.63, 3.8) is 0 Å². The summed E-state index contributed by atoms with van der Waals surface area (Å²) in [6.07, 6.45) is 28.3. The summed E-state index contributed by atoms with van der Waals surface area (Å²) in [5, 5.41) is 3.10. The number of likely N-dealkylation sites (tertiary alicyclic amines) is 1. The molecule has 0 aliphatic carbocycles. The number of carbonyl (C=O) groups excluding carboxylic acids is 1. The number of nitrogens with one attached hydrogen (secondary N) is 1. The molecular formula is C25H44N2O. The molecule has 1 heterocycles. The van der Waals surface area contributed by atoms with Crippen molar-refractivity contribution in [2.24, 2.45) is 0 Å². The van der Waals surface area contributed by atoms with Gasteiger partial charge in [0.25, 0.3) is 0 Å². The minimum absolute atomic E-state index is 0.238. The molecule has 1 rings (SSSR count). The van der Waals surface area contributed by atoms with E-state index in [1.54, 1.807) is 0 Å². The molecule has 1 aliphatic rings. The number of nitrogens with zero attached hydrogens (tertiary/aromatic N) is 1. The Balaban J connectivity index is 1.83. The lowest BCUT2D eigenvalue weighted by atomic mass is 10.1. The standard InChI is InChI=1S/C25H44N2O/c1-3-4-5-6-7-8-9-10-11-12-13-14-15-16-17-20-25(28)26-22-21-24-19-18-23-27(24)2/h4-5,7-8,10-11,24H,3,6,9,12-23H2,1-2H3,(H,26,28)/b5-4-,8-7-,11-10-. The molecule has 0 aromatic rings. The summed E-state index contributed by atoms with van der Waals surface area (Å²) in [5.41, 5.74) is 0. The minimum atomic E-state index is 0.238. The van der Waals surface area contributed by atoms with E-state index in [4.69, 9.17) is 0 Å². The number of carbonyl (C=O) groups is 1. The van der Waals surface area contributed by atoms with Crippen molar-refractivity contribution in [2.75, 3.05) is 20.1 Å². The maximum absolute atomic E-state index is 11.9. The average molecular weight is 389 g/mol. The Bertz CT molecular complexity index is 467. The Labute approximate surface area is 174 Å². The molecule has 1 saturated heterocycles. The summed E-state index contributed by atoms with van der Waals surface area (Å²) in [4.78, 5) is 14.3. The highest BCUT2D eigenvalue weighted by Crippen LogP contribution is 2.17. The number of hydrogen-bond acceptors (Lipinski definition) is 2. The van der Waals surface area contributed by atoms with Gasteiger partial charge in [0.2, 0.25) is 5.91 Å². The highest BCUT2D eigenvalue weighted by atomic mass is 16.1. The van der Waals surface area contributed by atoms with E-state index in [9.17, 15) is 4.79 Å². The molecular weight excluding hydrogens is 344 g/mol. The van der Waals surface area contributed by atoms with Gasteiger partial charge in [-0.1, -0.05) is 62.6 Å². The Morgan fingerprint density at radius 1 is 0.964 bits per heavy atom. The van der Waals surface area contributed by atoms with Crippen LogP contribution in [0.5, 0.6) is 0 Å². The van der Waals surface area contributed by atoms with Crippen molar-refractivity contribution >= 4 is 5.91 Å². The zero-order valence-corrected chi connectivity index (χ0v) is 18.5. The lowest BCUT2D eigenvalue weighted by molar-refractivity contribution is -0.121. The van der Waals surface area contributed by atoms with Crippen LogP contribution in [0.2, 0.25) is 0 Å². The van der Waals surface area contributed by atoms with Crippen molar-refractivity contribution < 1.29 is 4.79 Å². The molecule has 1 unspecified atom stereocenters. The smallest absolute Gasteiger partial charge is 0.219 e. The van der Waals surface area contributed by atoms with Gasteiger partial charge in [0.15, 0.2) is 0 Å². The van der Waals surface area contributed by atoms with Crippen molar-refractivity contribution in [3.8, 4) is 0 Å². The molecule has 160 valence electrons. The quantitative estimate of drug-likeness (QED) is 0.253. The molecule has 0 radical (unpaired) electrons. The first kappa shape index (κ1) is 24.7. The van der Waals surface area contributed by atoms with Crippen LogP contribution in [0, 0.1) is 0 Å². The van der Waals surface area contributed by atoms with Crippen molar-refractivity contribution in [2.45, 2.75) is 96.4 Å². The Morgan fingerprint density at radius 2 is 1.64 bits per heavy atom. The molecule has 1 fully saturated rings. The molecule has 1 N–H and O–H groups in total. The summed E-state index contributed by atoms with van der Waals surface area (Å²) in [6, 6.07) is 0.674. The molecule has 0 aromatic heterocycles. The van der Waals surface area contributed by atoms with E-state index in [-0.39, 0.29) is 5.91 Å². The zero-order valence-electron chi connectivity index (χ0n) is 18.5. The highest BCUT2D eigenvalue weighted by Gasteiger charge is 2.20. The second-order valence-corrected chi connectivity index (χ2v) is 8.02. The molecule has 0 saturated carbocycles. The lowest BCUT2D eigenvalue weighted by Crippen LogP contribution is -2.31. The maximum Gasteiger partial charge on any atom is 0.219 e. The lowest BCUT2D eigenvalue weighted by Gasteiger charge is -2.19. The molecule has 0 bridgehead atoms. The van der Waals surface area contributed by atoms with E-state index in [2.05, 4.69) is 60.6 Å². The molecule has 3 nitrogen and oxygen atoms in total. The first-order valence-electron chi connectivity index (χ1n) is 11.7. The molecule has 3 heteroatoms. The number of amides is 1. The summed E-state index contributed by atoms with van der Waals surface area (Å²) in [6.45, 7) is 4.21. The average Bonchev–Trinajstić information content (AvgIpc) is 3.10. The minimum Gasteiger partial charge on any atom is -0.356 e. The van der Waals surface area contributed by atoms with E-state index in [0.29, 0.717) is 12.5 Å². The van der Waals surface area contributed by atoms with Gasteiger partial charge in [-0.25, -0.2) is 0 Å². The fraction of sp³-hybridized carbons (Fsp3) is 0.720. The van der Waals surface area contributed by atoms with Crippen LogP contribution in [0.25, 0.3) is 0 Å². The van der Waals surface area contributed by atoms with Gasteiger partial charge in [-0.2, -0.15) is 0 Å². The van der Waals surface area contributed by atoms with Gasteiger partial charge in [0.1, 0.15) is 0 Å². The van der Waals surface area contributed by atoms with Gasteiger partial charge in [-0.15, -0.1) is 0 Å². The molecule has 1 amide bonds. The Morgan fingerprint density at radius 3 is 2.36 bits per heavy atom. The largest absolute Gasteiger partial charge is 0.356 e. The number of unbranched alkanes of at least 4 members (excludes halogenated alkanes) is 5. The summed E-state index contributed by atoms with van der Waals surface area (Å²) < 4.78 is 0. The third-order valence-electron chi connectivity index (χ3n) is 5.53. The molecule has 1 atom stereocenters. The van der Waals surface area contributed by atoms with Crippen LogP contribution >= 0.6 is 0 Å². The first-order chi connectivity index (χ1) is 13.7. The fourth-order valence-electron chi connectivity index (χ4n) is 3.72. The molecule has 0 aromatic carbocycles. The van der Waals surface area contributed by atoms with Gasteiger partial charge in [0, 0.05) is 19.0 Å². The Kier molecular flexibility index (Phi) is 15.6. The zero-order chi connectivity index (χ0) is 20.3. The second-order valence-electron chi connectivity index (χ2n) is 8.02. The van der Waals surface area contributed by atoms with Gasteiger partial charge in [0.05, 0.1) is 0 Å². The van der Waals surface area contributed by atoms with E-state index in [1.807, 2.05) is 0 Å². The van der Waals surface area contributed by atoms with Crippen LogP contribution in [0.15, 0.2) is 36.5 Å². The monoisotopic (exact) mass is 388 g/mol. The highest BCUT2D eigenvalue weighted by molar-refractivity contribution is 5.75. The normalized spacial score (nSPS) is 18.1. The van der Waals surface area contributed by atoms with Crippen LogP contribution in [0.4, 0.5) is 0 Å². The molecule has 1 aliphatic heterocycles. The van der Waals surface area contributed by atoms with Crippen molar-refractivity contribution in [3.05, 3.63) is 36.5 Å². The van der Waals surface area contributed by atoms with Gasteiger partial charge < -0.3 is 10.2 Å². The van der Waals surface area contributed by atoms with Crippen LogP contribution in [0.1, 0.15) is 90.4 Å². The summed E-state index contributed by atoms with van der Waals surface area (Å²) in [7, 11) is 2.19. The summed E-state index contributed by atoms with van der Waals surface area (Å²) >= 11 is 0. The van der Waals surface area contributed by atoms with Crippen molar-refractivity contribution in [1.29, 1.82) is 0 Å². The van der Waals surface area contributed by atoms with Crippen LogP contribution in [-0.2, 0) is 4.79 Å². The van der Waals surface area contributed by atoms with Gasteiger partial charge in [-0.3, -0.25) is 4.79 Å². The van der Waals surface area contributed by atoms with Crippen molar-refractivity contribution in [1.82, 2.24) is 10.2 Å². The predicted octanol–water partition coefficient (Wildman–Crippen LogP) is 6.18. The van der Waals surface area contributed by atoms with E-state index in [1.165, 1.54) is 51.5 Å².